The van der Waals surface area contributed by atoms with Crippen molar-refractivity contribution in [2.75, 3.05) is 50.0 Å². The summed E-state index contributed by atoms with van der Waals surface area (Å²) in [6.45, 7) is 5.45. The van der Waals surface area contributed by atoms with Gasteiger partial charge in [-0.2, -0.15) is 0 Å². The molecule has 8 nitrogen and oxygen atoms in total. The Hall–Kier alpha value is -4.01. The van der Waals surface area contributed by atoms with Gasteiger partial charge in [0, 0.05) is 42.5 Å². The van der Waals surface area contributed by atoms with E-state index >= 15 is 0 Å². The summed E-state index contributed by atoms with van der Waals surface area (Å²) < 4.78 is 11.9. The molecule has 0 bridgehead atoms. The number of carbonyl (C=O) groups excluding carboxylic acids is 1. The number of rotatable bonds is 8. The van der Waals surface area contributed by atoms with Crippen LogP contribution in [0.25, 0.3) is 44.1 Å². The minimum absolute atomic E-state index is 0.0539. The van der Waals surface area contributed by atoms with E-state index in [9.17, 15) is 4.79 Å². The molecule has 0 unspecified atom stereocenters. The number of para-hydroxylation sites is 1. The lowest BCUT2D eigenvalue weighted by Crippen LogP contribution is -2.37. The molecule has 2 aliphatic rings. The van der Waals surface area contributed by atoms with E-state index < -0.39 is 0 Å². The molecule has 1 saturated carbocycles. The van der Waals surface area contributed by atoms with Crippen molar-refractivity contribution in [1.29, 1.82) is 0 Å². The molecule has 1 aliphatic heterocycles. The number of benzene rings is 2. The third-order valence-electron chi connectivity index (χ3n) is 7.64. The van der Waals surface area contributed by atoms with Crippen LogP contribution in [0.3, 0.4) is 0 Å². The molecule has 1 saturated heterocycles. The molecular formula is C31H31N5O3. The largest absolute Gasteiger partial charge is 0.452 e. The van der Waals surface area contributed by atoms with E-state index in [2.05, 4.69) is 44.8 Å². The number of carbonyl (C=O) groups is 1. The third-order valence-corrected chi connectivity index (χ3v) is 7.64. The summed E-state index contributed by atoms with van der Waals surface area (Å²) in [5.41, 5.74) is 6.37. The SMILES string of the molecule is O=C(Nc1cc(-c2ccc3nc4c(oc5ccccc54)c(NCCCN4CCOCC4)c3c2)ccn1)C1CC1. The molecule has 2 N–H and O–H groups in total. The average molecular weight is 522 g/mol. The summed E-state index contributed by atoms with van der Waals surface area (Å²) in [5, 5.41) is 8.69. The maximum absolute atomic E-state index is 12.3. The van der Waals surface area contributed by atoms with Crippen molar-refractivity contribution in [3.8, 4) is 11.1 Å². The van der Waals surface area contributed by atoms with E-state index in [0.29, 0.717) is 5.82 Å². The number of pyridine rings is 2. The van der Waals surface area contributed by atoms with Gasteiger partial charge >= 0.3 is 0 Å². The molecule has 198 valence electrons. The second-order valence-corrected chi connectivity index (χ2v) is 10.4. The lowest BCUT2D eigenvalue weighted by Gasteiger charge is -2.26. The maximum Gasteiger partial charge on any atom is 0.228 e. The van der Waals surface area contributed by atoms with Crippen molar-refractivity contribution in [1.82, 2.24) is 14.9 Å². The number of anilines is 2. The van der Waals surface area contributed by atoms with Gasteiger partial charge in [-0.05, 0) is 73.3 Å². The number of furan rings is 1. The van der Waals surface area contributed by atoms with Gasteiger partial charge in [-0.3, -0.25) is 9.69 Å². The zero-order chi connectivity index (χ0) is 26.2. The highest BCUT2D eigenvalue weighted by Gasteiger charge is 2.29. The van der Waals surface area contributed by atoms with Gasteiger partial charge in [0.2, 0.25) is 5.91 Å². The predicted octanol–water partition coefficient (Wildman–Crippen LogP) is 5.68. The first-order valence-electron chi connectivity index (χ1n) is 13.8. The maximum atomic E-state index is 12.3. The normalized spacial score (nSPS) is 16.2. The number of nitrogens with zero attached hydrogens (tertiary/aromatic N) is 3. The molecule has 8 heteroatoms. The van der Waals surface area contributed by atoms with Crippen LogP contribution in [0.15, 0.2) is 65.2 Å². The van der Waals surface area contributed by atoms with Crippen LogP contribution in [-0.2, 0) is 9.53 Å². The Morgan fingerprint density at radius 2 is 1.85 bits per heavy atom. The number of fused-ring (bicyclic) bond motifs is 4. The first-order chi connectivity index (χ1) is 19.2. The monoisotopic (exact) mass is 521 g/mol. The fourth-order valence-corrected chi connectivity index (χ4v) is 5.34. The molecule has 5 aromatic rings. The van der Waals surface area contributed by atoms with Gasteiger partial charge in [0.25, 0.3) is 0 Å². The molecule has 3 aromatic heterocycles. The summed E-state index contributed by atoms with van der Waals surface area (Å²) >= 11 is 0. The summed E-state index contributed by atoms with van der Waals surface area (Å²) in [7, 11) is 0. The molecular weight excluding hydrogens is 490 g/mol. The van der Waals surface area contributed by atoms with Crippen molar-refractivity contribution in [2.45, 2.75) is 19.3 Å². The highest BCUT2D eigenvalue weighted by Crippen LogP contribution is 2.38. The van der Waals surface area contributed by atoms with E-state index in [1.165, 1.54) is 0 Å². The predicted molar refractivity (Wildman–Crippen MR) is 154 cm³/mol. The van der Waals surface area contributed by atoms with Crippen LogP contribution in [0.1, 0.15) is 19.3 Å². The average Bonchev–Trinajstić information content (AvgIpc) is 3.77. The minimum atomic E-state index is 0.0539. The van der Waals surface area contributed by atoms with Crippen molar-refractivity contribution < 1.29 is 13.9 Å². The second kappa shape index (κ2) is 10.3. The molecule has 1 aliphatic carbocycles. The standard InChI is InChI=1S/C31H31N5O3/c37-31(20-6-7-20)35-27-19-22(10-12-32-27)21-8-9-25-24(18-21)28(33-11-3-13-36-14-16-38-17-15-36)30-29(34-25)23-4-1-2-5-26(23)39-30/h1-2,4-5,8-10,12,18-20H,3,6-7,11,13-17H2,(H,33,34)(H,32,35,37). The summed E-state index contributed by atoms with van der Waals surface area (Å²) in [5.74, 6) is 0.764. The van der Waals surface area contributed by atoms with Crippen LogP contribution in [0.4, 0.5) is 11.5 Å². The Morgan fingerprint density at radius 3 is 2.72 bits per heavy atom. The number of aromatic nitrogens is 2. The Labute approximate surface area is 226 Å². The summed E-state index contributed by atoms with van der Waals surface area (Å²) in [4.78, 5) is 24.1. The van der Waals surface area contributed by atoms with E-state index in [0.717, 1.165) is 108 Å². The summed E-state index contributed by atoms with van der Waals surface area (Å²) in [6, 6.07) is 18.3. The number of ether oxygens (including phenoxy) is 1. The van der Waals surface area contributed by atoms with Gasteiger partial charge in [0.1, 0.15) is 16.9 Å². The van der Waals surface area contributed by atoms with E-state index in [1.54, 1.807) is 6.20 Å². The Balaban J connectivity index is 1.24. The van der Waals surface area contributed by atoms with Crippen LogP contribution in [0, 0.1) is 5.92 Å². The van der Waals surface area contributed by atoms with E-state index in [1.807, 2.05) is 30.3 Å². The van der Waals surface area contributed by atoms with Gasteiger partial charge in [-0.1, -0.05) is 18.2 Å². The van der Waals surface area contributed by atoms with E-state index in [-0.39, 0.29) is 11.8 Å². The van der Waals surface area contributed by atoms with Crippen molar-refractivity contribution in [2.24, 2.45) is 5.92 Å². The van der Waals surface area contributed by atoms with Gasteiger partial charge in [-0.15, -0.1) is 0 Å². The molecule has 0 radical (unpaired) electrons. The quantitative estimate of drug-likeness (QED) is 0.254. The fourth-order valence-electron chi connectivity index (χ4n) is 5.34. The first kappa shape index (κ1) is 24.1. The topological polar surface area (TPSA) is 92.5 Å². The van der Waals surface area contributed by atoms with Crippen LogP contribution < -0.4 is 10.6 Å². The van der Waals surface area contributed by atoms with Gasteiger partial charge < -0.3 is 19.8 Å². The molecule has 2 aromatic carbocycles. The molecule has 39 heavy (non-hydrogen) atoms. The molecule has 2 fully saturated rings. The number of nitrogens with one attached hydrogen (secondary N) is 2. The lowest BCUT2D eigenvalue weighted by molar-refractivity contribution is -0.117. The summed E-state index contributed by atoms with van der Waals surface area (Å²) in [6.07, 6.45) is 4.68. The second-order valence-electron chi connectivity index (χ2n) is 10.4. The lowest BCUT2D eigenvalue weighted by atomic mass is 10.0. The smallest absolute Gasteiger partial charge is 0.228 e. The Bertz CT molecular complexity index is 1670. The van der Waals surface area contributed by atoms with Crippen molar-refractivity contribution in [3.05, 3.63) is 60.8 Å². The van der Waals surface area contributed by atoms with Crippen molar-refractivity contribution in [3.63, 3.8) is 0 Å². The van der Waals surface area contributed by atoms with Crippen LogP contribution in [-0.4, -0.2) is 60.2 Å². The number of amides is 1. The molecule has 7 rings (SSSR count). The zero-order valence-electron chi connectivity index (χ0n) is 21.8. The first-order valence-corrected chi connectivity index (χ1v) is 13.8. The Kier molecular flexibility index (Phi) is 6.34. The molecule has 1 amide bonds. The van der Waals surface area contributed by atoms with Gasteiger partial charge in [-0.25, -0.2) is 9.97 Å². The Morgan fingerprint density at radius 1 is 1.00 bits per heavy atom. The molecule has 0 spiro atoms. The third kappa shape index (κ3) is 4.93. The van der Waals surface area contributed by atoms with Gasteiger partial charge in [0.05, 0.1) is 24.4 Å². The minimum Gasteiger partial charge on any atom is -0.452 e. The van der Waals surface area contributed by atoms with E-state index in [4.69, 9.17) is 14.1 Å². The molecule has 0 atom stereocenters. The number of hydrogen-bond donors (Lipinski definition) is 2. The highest BCUT2D eigenvalue weighted by atomic mass is 16.5. The van der Waals surface area contributed by atoms with Crippen LogP contribution >= 0.6 is 0 Å². The number of hydrogen-bond acceptors (Lipinski definition) is 7. The fraction of sp³-hybridized carbons (Fsp3) is 0.323. The van der Waals surface area contributed by atoms with Crippen molar-refractivity contribution >= 4 is 50.4 Å². The molecule has 4 heterocycles. The van der Waals surface area contributed by atoms with Crippen LogP contribution in [0.2, 0.25) is 0 Å². The van der Waals surface area contributed by atoms with Crippen LogP contribution in [0.5, 0.6) is 0 Å². The highest BCUT2D eigenvalue weighted by molar-refractivity contribution is 6.14. The number of morpholine rings is 1. The van der Waals surface area contributed by atoms with Gasteiger partial charge in [0.15, 0.2) is 5.58 Å². The zero-order valence-corrected chi connectivity index (χ0v) is 21.8.